The average Bonchev–Trinajstić information content (AvgIpc) is 3.36. The van der Waals surface area contributed by atoms with Crippen molar-refractivity contribution in [3.8, 4) is 11.5 Å². The third-order valence-electron chi connectivity index (χ3n) is 5.91. The molecule has 1 aromatic heterocycles. The first kappa shape index (κ1) is 28.7. The molecule has 1 heterocycles. The van der Waals surface area contributed by atoms with Gasteiger partial charge in [0, 0.05) is 24.4 Å². The molecule has 0 atom stereocenters. The van der Waals surface area contributed by atoms with E-state index in [9.17, 15) is 9.59 Å². The number of rotatable bonds is 16. The highest BCUT2D eigenvalue weighted by Gasteiger charge is 2.22. The number of nitrogens with zero attached hydrogens (tertiary/aromatic N) is 2. The molecule has 2 aromatic rings. The molecule has 0 N–H and O–H groups in total. The molecule has 194 valence electrons. The first-order valence-electron chi connectivity index (χ1n) is 12.7. The number of methoxy groups -OCH3 is 2. The van der Waals surface area contributed by atoms with E-state index in [4.69, 9.17) is 9.47 Å². The fraction of sp³-hybridized carbons (Fsp3) is 0.571. The van der Waals surface area contributed by atoms with E-state index >= 15 is 0 Å². The van der Waals surface area contributed by atoms with Gasteiger partial charge < -0.3 is 19.3 Å². The van der Waals surface area contributed by atoms with Crippen LogP contribution in [-0.2, 0) is 22.6 Å². The van der Waals surface area contributed by atoms with Crippen molar-refractivity contribution in [1.82, 2.24) is 9.80 Å². The number of carbonyl (C=O) groups excluding carboxylic acids is 2. The maximum absolute atomic E-state index is 13.5. The number of benzene rings is 1. The van der Waals surface area contributed by atoms with Crippen molar-refractivity contribution in [3.05, 3.63) is 46.2 Å². The number of hydrogen-bond acceptors (Lipinski definition) is 5. The number of thiophene rings is 1. The molecule has 0 unspecified atom stereocenters. The minimum atomic E-state index is -0.0126. The zero-order valence-corrected chi connectivity index (χ0v) is 22.9. The quantitative estimate of drug-likeness (QED) is 0.273. The third kappa shape index (κ3) is 9.92. The van der Waals surface area contributed by atoms with Crippen LogP contribution in [0.15, 0.2) is 35.7 Å². The molecule has 1 aromatic carbocycles. The van der Waals surface area contributed by atoms with Crippen LogP contribution in [0.3, 0.4) is 0 Å². The molecule has 6 nitrogen and oxygen atoms in total. The summed E-state index contributed by atoms with van der Waals surface area (Å²) in [6.45, 7) is 8.17. The van der Waals surface area contributed by atoms with E-state index in [1.807, 2.05) is 40.6 Å². The van der Waals surface area contributed by atoms with Crippen molar-refractivity contribution in [2.45, 2.75) is 65.8 Å². The number of carbonyl (C=O) groups is 2. The molecule has 0 saturated heterocycles. The Kier molecular flexibility index (Phi) is 12.7. The van der Waals surface area contributed by atoms with Gasteiger partial charge in [0.05, 0.1) is 27.3 Å². The Balaban J connectivity index is 2.10. The van der Waals surface area contributed by atoms with E-state index in [0.29, 0.717) is 49.9 Å². The van der Waals surface area contributed by atoms with Gasteiger partial charge in [0.15, 0.2) is 11.5 Å². The summed E-state index contributed by atoms with van der Waals surface area (Å²) in [5, 5.41) is 2.03. The Labute approximate surface area is 215 Å². The molecular formula is C28H42N2O4S. The van der Waals surface area contributed by atoms with Crippen LogP contribution in [0.5, 0.6) is 11.5 Å². The van der Waals surface area contributed by atoms with E-state index < -0.39 is 0 Å². The normalized spacial score (nSPS) is 10.9. The van der Waals surface area contributed by atoms with Gasteiger partial charge in [-0.1, -0.05) is 52.2 Å². The highest BCUT2D eigenvalue weighted by molar-refractivity contribution is 7.09. The number of amides is 2. The van der Waals surface area contributed by atoms with Gasteiger partial charge in [-0.2, -0.15) is 0 Å². The Morgan fingerprint density at radius 2 is 1.74 bits per heavy atom. The van der Waals surface area contributed by atoms with Crippen LogP contribution in [0.4, 0.5) is 0 Å². The number of ether oxygens (including phenoxy) is 2. The number of unbranched alkanes of at least 4 members (excludes halogenated alkanes) is 3. The summed E-state index contributed by atoms with van der Waals surface area (Å²) in [4.78, 5) is 31.2. The van der Waals surface area contributed by atoms with Crippen LogP contribution in [-0.4, -0.2) is 55.5 Å². The van der Waals surface area contributed by atoms with Gasteiger partial charge in [-0.25, -0.2) is 0 Å². The summed E-state index contributed by atoms with van der Waals surface area (Å²) in [5.74, 6) is 1.74. The Morgan fingerprint density at radius 3 is 2.37 bits per heavy atom. The topological polar surface area (TPSA) is 59.1 Å². The molecule has 2 rings (SSSR count). The molecular weight excluding hydrogens is 460 g/mol. The molecule has 0 spiro atoms. The molecule has 0 aliphatic carbocycles. The van der Waals surface area contributed by atoms with Gasteiger partial charge in [0.25, 0.3) is 0 Å². The maximum Gasteiger partial charge on any atom is 0.242 e. The van der Waals surface area contributed by atoms with Crippen LogP contribution in [0.2, 0.25) is 0 Å². The lowest BCUT2D eigenvalue weighted by Crippen LogP contribution is -2.44. The van der Waals surface area contributed by atoms with E-state index in [0.717, 1.165) is 36.1 Å². The van der Waals surface area contributed by atoms with Crippen molar-refractivity contribution in [3.63, 3.8) is 0 Å². The smallest absolute Gasteiger partial charge is 0.242 e. The Bertz CT molecular complexity index is 898. The molecule has 7 heteroatoms. The SMILES string of the molecule is CCCCCCC(=O)N(CC(=O)N(CCc1ccc(OC)c(OC)c1)Cc1cccs1)CC(C)C. The first-order chi connectivity index (χ1) is 16.9. The van der Waals surface area contributed by atoms with Gasteiger partial charge in [-0.05, 0) is 47.9 Å². The first-order valence-corrected chi connectivity index (χ1v) is 13.5. The van der Waals surface area contributed by atoms with Crippen LogP contribution in [0, 0.1) is 5.92 Å². The molecule has 0 radical (unpaired) electrons. The van der Waals surface area contributed by atoms with Crippen LogP contribution in [0.1, 0.15) is 63.3 Å². The lowest BCUT2D eigenvalue weighted by molar-refractivity contribution is -0.141. The average molecular weight is 503 g/mol. The number of hydrogen-bond donors (Lipinski definition) is 0. The lowest BCUT2D eigenvalue weighted by Gasteiger charge is -2.29. The second-order valence-electron chi connectivity index (χ2n) is 9.31. The van der Waals surface area contributed by atoms with Gasteiger partial charge in [-0.15, -0.1) is 11.3 Å². The van der Waals surface area contributed by atoms with Crippen molar-refractivity contribution in [1.29, 1.82) is 0 Å². The summed E-state index contributed by atoms with van der Waals surface area (Å²) in [6.07, 6.45) is 5.42. The molecule has 0 bridgehead atoms. The van der Waals surface area contributed by atoms with Gasteiger partial charge >= 0.3 is 0 Å². The Morgan fingerprint density at radius 1 is 0.971 bits per heavy atom. The predicted molar refractivity (Wildman–Crippen MR) is 143 cm³/mol. The molecule has 0 aliphatic rings. The predicted octanol–water partition coefficient (Wildman–Crippen LogP) is 5.79. The monoisotopic (exact) mass is 502 g/mol. The standard InChI is InChI=1S/C28H42N2O4S/c1-6-7-8-9-12-27(31)30(19-22(2)3)21-28(32)29(20-24-11-10-17-35-24)16-15-23-13-14-25(33-4)26(18-23)34-5/h10-11,13-14,17-18,22H,6-9,12,15-16,19-21H2,1-5H3. The fourth-order valence-corrected chi connectivity index (χ4v) is 4.72. The van der Waals surface area contributed by atoms with Crippen LogP contribution < -0.4 is 9.47 Å². The summed E-state index contributed by atoms with van der Waals surface area (Å²) in [6, 6.07) is 9.90. The second-order valence-corrected chi connectivity index (χ2v) is 10.3. The van der Waals surface area contributed by atoms with E-state index in [1.54, 1.807) is 30.5 Å². The second kappa shape index (κ2) is 15.5. The van der Waals surface area contributed by atoms with Crippen LogP contribution >= 0.6 is 11.3 Å². The highest BCUT2D eigenvalue weighted by atomic mass is 32.1. The minimum absolute atomic E-state index is 0.0126. The maximum atomic E-state index is 13.5. The minimum Gasteiger partial charge on any atom is -0.493 e. The van der Waals surface area contributed by atoms with Crippen molar-refractivity contribution < 1.29 is 19.1 Å². The largest absolute Gasteiger partial charge is 0.493 e. The molecule has 0 fully saturated rings. The van der Waals surface area contributed by atoms with Gasteiger partial charge in [0.1, 0.15) is 0 Å². The highest BCUT2D eigenvalue weighted by Crippen LogP contribution is 2.28. The van der Waals surface area contributed by atoms with Crippen molar-refractivity contribution >= 4 is 23.2 Å². The zero-order chi connectivity index (χ0) is 25.6. The fourth-order valence-electron chi connectivity index (χ4n) is 4.00. The summed E-state index contributed by atoms with van der Waals surface area (Å²) < 4.78 is 10.8. The van der Waals surface area contributed by atoms with Crippen LogP contribution in [0.25, 0.3) is 0 Å². The molecule has 0 aliphatic heterocycles. The van der Waals surface area contributed by atoms with E-state index in [2.05, 4.69) is 20.8 Å². The van der Waals surface area contributed by atoms with E-state index in [1.165, 1.54) is 0 Å². The molecule has 0 saturated carbocycles. The zero-order valence-electron chi connectivity index (χ0n) is 22.0. The van der Waals surface area contributed by atoms with Gasteiger partial charge in [0.2, 0.25) is 11.8 Å². The van der Waals surface area contributed by atoms with Gasteiger partial charge in [-0.3, -0.25) is 9.59 Å². The Hall–Kier alpha value is -2.54. The van der Waals surface area contributed by atoms with Crippen molar-refractivity contribution in [2.24, 2.45) is 5.92 Å². The third-order valence-corrected chi connectivity index (χ3v) is 6.77. The lowest BCUT2D eigenvalue weighted by atomic mass is 10.1. The summed E-state index contributed by atoms with van der Waals surface area (Å²) >= 11 is 1.64. The van der Waals surface area contributed by atoms with Crippen molar-refractivity contribution in [2.75, 3.05) is 33.9 Å². The molecule has 2 amide bonds. The van der Waals surface area contributed by atoms with E-state index in [-0.39, 0.29) is 18.4 Å². The molecule has 35 heavy (non-hydrogen) atoms. The summed E-state index contributed by atoms with van der Waals surface area (Å²) in [5.41, 5.74) is 1.07. The summed E-state index contributed by atoms with van der Waals surface area (Å²) in [7, 11) is 3.24.